The van der Waals surface area contributed by atoms with E-state index in [1.807, 2.05) is 26.0 Å². The van der Waals surface area contributed by atoms with Gasteiger partial charge in [0.2, 0.25) is 0 Å². The molecule has 0 atom stereocenters. The summed E-state index contributed by atoms with van der Waals surface area (Å²) in [5, 5.41) is 4.01. The molecule has 1 saturated carbocycles. The van der Waals surface area contributed by atoms with Crippen molar-refractivity contribution in [1.82, 2.24) is 4.98 Å². The molecule has 3 aromatic rings. The molecule has 1 fully saturated rings. The number of benzene rings is 1. The number of hydrogen-bond acceptors (Lipinski definition) is 3. The second-order valence-electron chi connectivity index (χ2n) is 6.83. The lowest BCUT2D eigenvalue weighted by Crippen LogP contribution is -2.04. The third-order valence-electron chi connectivity index (χ3n) is 5.08. The van der Waals surface area contributed by atoms with Crippen LogP contribution in [0.4, 0.5) is 5.69 Å². The Hall–Kier alpha value is -2.02. The molecule has 0 spiro atoms. The SMILES string of the molecule is C#Cc1c(C2CCCCC2)sc2c(NCc3ccccc3)cc(Cl)nc12.CC. The van der Waals surface area contributed by atoms with Crippen LogP contribution in [0.25, 0.3) is 10.2 Å². The van der Waals surface area contributed by atoms with Crippen LogP contribution in [0.1, 0.15) is 67.9 Å². The Balaban J connectivity index is 0.00000109. The summed E-state index contributed by atoms with van der Waals surface area (Å²) in [7, 11) is 0. The van der Waals surface area contributed by atoms with Crippen molar-refractivity contribution in [1.29, 1.82) is 0 Å². The molecule has 2 nitrogen and oxygen atoms in total. The summed E-state index contributed by atoms with van der Waals surface area (Å²) in [4.78, 5) is 5.89. The topological polar surface area (TPSA) is 24.9 Å². The highest BCUT2D eigenvalue weighted by atomic mass is 35.5. The Labute approximate surface area is 177 Å². The first kappa shape index (κ1) is 20.7. The van der Waals surface area contributed by atoms with Gasteiger partial charge >= 0.3 is 0 Å². The Morgan fingerprint density at radius 2 is 1.89 bits per heavy atom. The lowest BCUT2D eigenvalue weighted by Gasteiger charge is -2.20. The summed E-state index contributed by atoms with van der Waals surface area (Å²) in [5.41, 5.74) is 4.07. The lowest BCUT2D eigenvalue weighted by atomic mass is 9.87. The van der Waals surface area contributed by atoms with Crippen LogP contribution in [0.2, 0.25) is 5.15 Å². The van der Waals surface area contributed by atoms with Crippen molar-refractivity contribution in [2.45, 2.75) is 58.4 Å². The van der Waals surface area contributed by atoms with Gasteiger partial charge in [-0.15, -0.1) is 17.8 Å². The van der Waals surface area contributed by atoms with Crippen LogP contribution in [0, 0.1) is 12.3 Å². The van der Waals surface area contributed by atoms with Crippen molar-refractivity contribution in [2.75, 3.05) is 5.32 Å². The predicted octanol–water partition coefficient (Wildman–Crippen LogP) is 7.62. The van der Waals surface area contributed by atoms with E-state index < -0.39 is 0 Å². The van der Waals surface area contributed by atoms with E-state index in [1.165, 1.54) is 42.5 Å². The summed E-state index contributed by atoms with van der Waals surface area (Å²) < 4.78 is 1.12. The minimum atomic E-state index is 0.484. The zero-order valence-corrected chi connectivity index (χ0v) is 18.2. The predicted molar refractivity (Wildman–Crippen MR) is 124 cm³/mol. The van der Waals surface area contributed by atoms with Gasteiger partial charge in [-0.1, -0.05) is 81.0 Å². The van der Waals surface area contributed by atoms with Crippen LogP contribution in [0.3, 0.4) is 0 Å². The standard InChI is InChI=1S/C22H21ClN2S.C2H6/c1-2-17-20-22(26-21(17)16-11-7-4-8-12-16)18(13-19(23)25-20)24-14-15-9-5-3-6-10-15;1-2/h1,3,5-6,9-10,13,16H,4,7-8,11-12,14H2,(H,24,25);1-2H3. The summed E-state index contributed by atoms with van der Waals surface area (Å²) in [5.74, 6) is 3.47. The third-order valence-corrected chi connectivity index (χ3v) is 6.65. The van der Waals surface area contributed by atoms with Crippen molar-refractivity contribution in [3.05, 3.63) is 57.6 Å². The van der Waals surface area contributed by atoms with Crippen molar-refractivity contribution in [3.63, 3.8) is 0 Å². The molecule has 146 valence electrons. The molecule has 28 heavy (non-hydrogen) atoms. The fraction of sp³-hybridized carbons (Fsp3) is 0.375. The molecule has 0 amide bonds. The monoisotopic (exact) mass is 410 g/mol. The number of fused-ring (bicyclic) bond motifs is 1. The van der Waals surface area contributed by atoms with Crippen molar-refractivity contribution >= 4 is 38.8 Å². The van der Waals surface area contributed by atoms with E-state index in [-0.39, 0.29) is 0 Å². The molecule has 0 aliphatic heterocycles. The van der Waals surface area contributed by atoms with Crippen LogP contribution in [-0.4, -0.2) is 4.98 Å². The number of nitrogens with zero attached hydrogens (tertiary/aromatic N) is 1. The van der Waals surface area contributed by atoms with Crippen LogP contribution in [-0.2, 0) is 6.54 Å². The van der Waals surface area contributed by atoms with Gasteiger partial charge in [0.1, 0.15) is 10.7 Å². The smallest absolute Gasteiger partial charge is 0.131 e. The maximum atomic E-state index is 6.31. The van der Waals surface area contributed by atoms with Gasteiger partial charge in [-0.25, -0.2) is 4.98 Å². The Morgan fingerprint density at radius 1 is 1.18 bits per heavy atom. The number of halogens is 1. The fourth-order valence-corrected chi connectivity index (χ4v) is 5.33. The molecule has 0 saturated heterocycles. The molecule has 0 bridgehead atoms. The molecule has 2 heterocycles. The normalized spacial score (nSPS) is 14.2. The number of hydrogen-bond donors (Lipinski definition) is 1. The summed E-state index contributed by atoms with van der Waals surface area (Å²) in [6.07, 6.45) is 12.2. The molecule has 0 radical (unpaired) electrons. The second-order valence-corrected chi connectivity index (χ2v) is 8.27. The molecule has 0 unspecified atom stereocenters. The van der Waals surface area contributed by atoms with Gasteiger partial charge in [-0.2, -0.15) is 0 Å². The third kappa shape index (κ3) is 4.51. The van der Waals surface area contributed by atoms with Gasteiger partial charge < -0.3 is 5.32 Å². The second kappa shape index (κ2) is 9.96. The van der Waals surface area contributed by atoms with Crippen LogP contribution in [0.5, 0.6) is 0 Å². The van der Waals surface area contributed by atoms with E-state index in [4.69, 9.17) is 18.0 Å². The first-order valence-corrected chi connectivity index (χ1v) is 11.3. The van der Waals surface area contributed by atoms with Gasteiger partial charge in [0.05, 0.1) is 16.0 Å². The Morgan fingerprint density at radius 3 is 2.57 bits per heavy atom. The number of terminal acetylenes is 1. The highest BCUT2D eigenvalue weighted by Crippen LogP contribution is 2.44. The maximum absolute atomic E-state index is 6.31. The van der Waals surface area contributed by atoms with E-state index in [0.29, 0.717) is 11.1 Å². The fourth-order valence-electron chi connectivity index (χ4n) is 3.77. The minimum Gasteiger partial charge on any atom is -0.380 e. The molecule has 1 aliphatic carbocycles. The molecule has 2 aromatic heterocycles. The molecule has 1 aliphatic rings. The maximum Gasteiger partial charge on any atom is 0.131 e. The summed E-state index contributed by atoms with van der Waals surface area (Å²) in [6.45, 7) is 4.75. The number of aromatic nitrogens is 1. The van der Waals surface area contributed by atoms with E-state index in [2.05, 4.69) is 40.5 Å². The number of thiophene rings is 1. The van der Waals surface area contributed by atoms with Gasteiger partial charge in [0.25, 0.3) is 0 Å². The first-order chi connectivity index (χ1) is 13.8. The molecular weight excluding hydrogens is 384 g/mol. The molecular formula is C24H27ClN2S. The van der Waals surface area contributed by atoms with Crippen LogP contribution >= 0.6 is 22.9 Å². The Bertz CT molecular complexity index is 950. The molecule has 1 N–H and O–H groups in total. The van der Waals surface area contributed by atoms with Crippen LogP contribution < -0.4 is 5.32 Å². The van der Waals surface area contributed by atoms with E-state index in [9.17, 15) is 0 Å². The average Bonchev–Trinajstić information content (AvgIpc) is 3.13. The van der Waals surface area contributed by atoms with Crippen LogP contribution in [0.15, 0.2) is 36.4 Å². The van der Waals surface area contributed by atoms with Gasteiger partial charge in [0, 0.05) is 17.5 Å². The quantitative estimate of drug-likeness (QED) is 0.353. The molecule has 4 rings (SSSR count). The average molecular weight is 411 g/mol. The number of pyridine rings is 1. The summed E-state index contributed by atoms with van der Waals surface area (Å²) >= 11 is 8.11. The number of anilines is 1. The summed E-state index contributed by atoms with van der Waals surface area (Å²) in [6, 6.07) is 12.3. The lowest BCUT2D eigenvalue weighted by molar-refractivity contribution is 0.448. The zero-order chi connectivity index (χ0) is 19.9. The minimum absolute atomic E-state index is 0.484. The highest BCUT2D eigenvalue weighted by Gasteiger charge is 2.24. The van der Waals surface area contributed by atoms with Crippen molar-refractivity contribution < 1.29 is 0 Å². The van der Waals surface area contributed by atoms with E-state index >= 15 is 0 Å². The largest absolute Gasteiger partial charge is 0.380 e. The first-order valence-electron chi connectivity index (χ1n) is 10.1. The van der Waals surface area contributed by atoms with Crippen molar-refractivity contribution in [3.8, 4) is 12.3 Å². The number of rotatable bonds is 4. The van der Waals surface area contributed by atoms with Gasteiger partial charge in [-0.05, 0) is 24.3 Å². The Kier molecular flexibility index (Phi) is 7.36. The molecule has 4 heteroatoms. The molecule has 1 aromatic carbocycles. The zero-order valence-electron chi connectivity index (χ0n) is 16.6. The van der Waals surface area contributed by atoms with Crippen molar-refractivity contribution in [2.24, 2.45) is 0 Å². The van der Waals surface area contributed by atoms with Gasteiger partial charge in [-0.3, -0.25) is 0 Å². The number of nitrogens with one attached hydrogen (secondary N) is 1. The van der Waals surface area contributed by atoms with E-state index in [1.54, 1.807) is 11.3 Å². The highest BCUT2D eigenvalue weighted by molar-refractivity contribution is 7.20. The van der Waals surface area contributed by atoms with E-state index in [0.717, 1.165) is 28.0 Å². The van der Waals surface area contributed by atoms with Gasteiger partial charge in [0.15, 0.2) is 0 Å².